The number of hydrazone groups is 1. The van der Waals surface area contributed by atoms with Crippen LogP contribution >= 0.6 is 11.3 Å². The van der Waals surface area contributed by atoms with Gasteiger partial charge in [-0.05, 0) is 52.7 Å². The molecule has 0 fully saturated rings. The van der Waals surface area contributed by atoms with E-state index in [9.17, 15) is 9.90 Å². The van der Waals surface area contributed by atoms with E-state index in [0.717, 1.165) is 16.8 Å². The van der Waals surface area contributed by atoms with Gasteiger partial charge in [-0.15, -0.1) is 0 Å². The Morgan fingerprint density at radius 2 is 2.07 bits per heavy atom. The molecule has 2 heterocycles. The molecule has 1 aliphatic rings. The van der Waals surface area contributed by atoms with Crippen LogP contribution in [0.5, 0.6) is 11.5 Å². The molecule has 5 nitrogen and oxygen atoms in total. The normalized spacial score (nSPS) is 16.3. The van der Waals surface area contributed by atoms with Crippen molar-refractivity contribution in [3.05, 3.63) is 82.0 Å². The Hall–Kier alpha value is -3.12. The van der Waals surface area contributed by atoms with E-state index in [0.29, 0.717) is 17.7 Å². The zero-order valence-corrected chi connectivity index (χ0v) is 15.5. The smallest absolute Gasteiger partial charge is 0.274 e. The van der Waals surface area contributed by atoms with Crippen molar-refractivity contribution >= 4 is 23.0 Å². The van der Waals surface area contributed by atoms with Crippen LogP contribution in [-0.4, -0.2) is 28.8 Å². The molecule has 0 spiro atoms. The Morgan fingerprint density at radius 3 is 2.81 bits per heavy atom. The number of hydrogen-bond acceptors (Lipinski definition) is 5. The van der Waals surface area contributed by atoms with Crippen LogP contribution in [0.25, 0.3) is 0 Å². The van der Waals surface area contributed by atoms with Crippen molar-refractivity contribution in [3.63, 3.8) is 0 Å². The maximum atomic E-state index is 13.2. The lowest BCUT2D eigenvalue weighted by atomic mass is 9.99. The van der Waals surface area contributed by atoms with Crippen LogP contribution in [0.4, 0.5) is 0 Å². The molecule has 1 N–H and O–H groups in total. The van der Waals surface area contributed by atoms with Gasteiger partial charge in [0.1, 0.15) is 11.5 Å². The first-order valence-corrected chi connectivity index (χ1v) is 9.46. The Labute approximate surface area is 161 Å². The number of ether oxygens (including phenoxy) is 1. The van der Waals surface area contributed by atoms with Crippen molar-refractivity contribution in [2.45, 2.75) is 12.5 Å². The number of rotatable bonds is 4. The van der Waals surface area contributed by atoms with E-state index in [1.54, 1.807) is 60.9 Å². The quantitative estimate of drug-likeness (QED) is 0.729. The maximum absolute atomic E-state index is 13.2. The van der Waals surface area contributed by atoms with Gasteiger partial charge in [-0.25, -0.2) is 5.01 Å². The molecule has 0 radical (unpaired) electrons. The molecular formula is C21H18N2O3S. The number of carbonyl (C=O) groups is 1. The van der Waals surface area contributed by atoms with E-state index in [2.05, 4.69) is 5.10 Å². The number of phenolic OH excluding ortho intramolecular Hbond substituents is 1. The number of aromatic hydroxyl groups is 1. The summed E-state index contributed by atoms with van der Waals surface area (Å²) in [6.07, 6.45) is 0.593. The van der Waals surface area contributed by atoms with E-state index in [4.69, 9.17) is 4.74 Å². The summed E-state index contributed by atoms with van der Waals surface area (Å²) in [5.41, 5.74) is 3.24. The van der Waals surface area contributed by atoms with Gasteiger partial charge < -0.3 is 9.84 Å². The van der Waals surface area contributed by atoms with Crippen LogP contribution in [0.1, 0.15) is 33.9 Å². The highest BCUT2D eigenvalue weighted by Crippen LogP contribution is 2.35. The first-order chi connectivity index (χ1) is 13.2. The minimum absolute atomic E-state index is 0.172. The third-order valence-corrected chi connectivity index (χ3v) is 5.23. The number of methoxy groups -OCH3 is 1. The second kappa shape index (κ2) is 7.25. The molecule has 0 saturated carbocycles. The zero-order chi connectivity index (χ0) is 18.8. The molecule has 2 aromatic carbocycles. The van der Waals surface area contributed by atoms with Crippen molar-refractivity contribution in [2.75, 3.05) is 7.11 Å². The fourth-order valence-electron chi connectivity index (χ4n) is 3.18. The van der Waals surface area contributed by atoms with Gasteiger partial charge in [0.25, 0.3) is 5.91 Å². The SMILES string of the molecule is COc1cccc(C(=O)N2N=C(c3ccsc3)C[C@@H]2c2cccc(O)c2)c1. The summed E-state index contributed by atoms with van der Waals surface area (Å²) in [5, 5.41) is 20.0. The van der Waals surface area contributed by atoms with E-state index in [1.165, 1.54) is 5.01 Å². The number of thiophene rings is 1. The van der Waals surface area contributed by atoms with Crippen molar-refractivity contribution in [1.29, 1.82) is 0 Å². The van der Waals surface area contributed by atoms with Crippen LogP contribution in [0.15, 0.2) is 70.5 Å². The van der Waals surface area contributed by atoms with Crippen molar-refractivity contribution in [2.24, 2.45) is 5.10 Å². The molecule has 136 valence electrons. The topological polar surface area (TPSA) is 62.1 Å². The van der Waals surface area contributed by atoms with Crippen LogP contribution in [0.3, 0.4) is 0 Å². The molecule has 1 amide bonds. The molecule has 4 rings (SSSR count). The van der Waals surface area contributed by atoms with Gasteiger partial charge in [-0.2, -0.15) is 16.4 Å². The maximum Gasteiger partial charge on any atom is 0.274 e. The molecule has 0 bridgehead atoms. The molecule has 3 aromatic rings. The average molecular weight is 378 g/mol. The first-order valence-electron chi connectivity index (χ1n) is 8.52. The molecule has 6 heteroatoms. The Bertz CT molecular complexity index is 998. The molecule has 1 atom stereocenters. The van der Waals surface area contributed by atoms with Crippen LogP contribution < -0.4 is 4.74 Å². The molecule has 1 aromatic heterocycles. The lowest BCUT2D eigenvalue weighted by Gasteiger charge is -2.22. The van der Waals surface area contributed by atoms with Gasteiger partial charge in [-0.1, -0.05) is 18.2 Å². The molecule has 0 unspecified atom stereocenters. The van der Waals surface area contributed by atoms with Crippen LogP contribution in [-0.2, 0) is 0 Å². The second-order valence-electron chi connectivity index (χ2n) is 6.26. The second-order valence-corrected chi connectivity index (χ2v) is 7.04. The Morgan fingerprint density at radius 1 is 1.22 bits per heavy atom. The molecule has 1 aliphatic heterocycles. The highest BCUT2D eigenvalue weighted by atomic mass is 32.1. The molecular weight excluding hydrogens is 360 g/mol. The molecule has 27 heavy (non-hydrogen) atoms. The predicted octanol–water partition coefficient (Wildman–Crippen LogP) is 4.45. The summed E-state index contributed by atoms with van der Waals surface area (Å²) < 4.78 is 5.24. The summed E-state index contributed by atoms with van der Waals surface area (Å²) in [7, 11) is 1.57. The van der Waals surface area contributed by atoms with Gasteiger partial charge >= 0.3 is 0 Å². The number of benzene rings is 2. The van der Waals surface area contributed by atoms with Crippen molar-refractivity contribution < 1.29 is 14.6 Å². The number of nitrogens with zero attached hydrogens (tertiary/aromatic N) is 2. The van der Waals surface area contributed by atoms with Gasteiger partial charge in [-0.3, -0.25) is 4.79 Å². The van der Waals surface area contributed by atoms with Gasteiger partial charge in [0.15, 0.2) is 0 Å². The fraction of sp³-hybridized carbons (Fsp3) is 0.143. The number of amides is 1. The summed E-state index contributed by atoms with van der Waals surface area (Å²) in [6.45, 7) is 0. The minimum atomic E-state index is -0.272. The monoisotopic (exact) mass is 378 g/mol. The van der Waals surface area contributed by atoms with E-state index in [1.807, 2.05) is 22.9 Å². The number of carbonyl (C=O) groups excluding carboxylic acids is 1. The van der Waals surface area contributed by atoms with Gasteiger partial charge in [0.2, 0.25) is 0 Å². The highest BCUT2D eigenvalue weighted by Gasteiger charge is 2.34. The summed E-state index contributed by atoms with van der Waals surface area (Å²) in [6, 6.07) is 15.8. The third kappa shape index (κ3) is 3.44. The third-order valence-electron chi connectivity index (χ3n) is 4.54. The molecule has 0 aliphatic carbocycles. The predicted molar refractivity (Wildman–Crippen MR) is 105 cm³/mol. The first kappa shape index (κ1) is 17.3. The summed E-state index contributed by atoms with van der Waals surface area (Å²) >= 11 is 1.60. The fourth-order valence-corrected chi connectivity index (χ4v) is 3.85. The summed E-state index contributed by atoms with van der Waals surface area (Å²) in [4.78, 5) is 13.2. The zero-order valence-electron chi connectivity index (χ0n) is 14.7. The van der Waals surface area contributed by atoms with Crippen molar-refractivity contribution in [1.82, 2.24) is 5.01 Å². The summed E-state index contributed by atoms with van der Waals surface area (Å²) in [5.74, 6) is 0.591. The van der Waals surface area contributed by atoms with Crippen LogP contribution in [0.2, 0.25) is 0 Å². The van der Waals surface area contributed by atoms with Gasteiger partial charge in [0, 0.05) is 17.5 Å². The minimum Gasteiger partial charge on any atom is -0.508 e. The Balaban J connectivity index is 1.73. The highest BCUT2D eigenvalue weighted by molar-refractivity contribution is 7.08. The van der Waals surface area contributed by atoms with Crippen LogP contribution in [0, 0.1) is 0 Å². The number of phenols is 1. The van der Waals surface area contributed by atoms with Crippen molar-refractivity contribution in [3.8, 4) is 11.5 Å². The lowest BCUT2D eigenvalue weighted by Crippen LogP contribution is -2.27. The standard InChI is InChI=1S/C21H18N2O3S/c1-26-18-7-3-5-15(11-18)21(25)23-20(14-4-2-6-17(24)10-14)12-19(22-23)16-8-9-27-13-16/h2-11,13,20,24H,12H2,1H3/t20-/m1/s1. The lowest BCUT2D eigenvalue weighted by molar-refractivity contribution is 0.0710. The average Bonchev–Trinajstić information content (AvgIpc) is 3.37. The number of hydrogen-bond donors (Lipinski definition) is 1. The molecule has 0 saturated heterocycles. The van der Waals surface area contributed by atoms with Gasteiger partial charge in [0.05, 0.1) is 18.9 Å². The van der Waals surface area contributed by atoms with E-state index in [-0.39, 0.29) is 17.7 Å². The van der Waals surface area contributed by atoms with E-state index < -0.39 is 0 Å². The largest absolute Gasteiger partial charge is 0.508 e. The van der Waals surface area contributed by atoms with E-state index >= 15 is 0 Å². The Kier molecular flexibility index (Phi) is 4.64.